The van der Waals surface area contributed by atoms with Gasteiger partial charge >= 0.3 is 0 Å². The Kier molecular flexibility index (Phi) is 2.64. The van der Waals surface area contributed by atoms with Crippen LogP contribution in [-0.2, 0) is 0 Å². The van der Waals surface area contributed by atoms with Crippen molar-refractivity contribution in [2.75, 3.05) is 5.32 Å². The number of hydrogen-bond acceptors (Lipinski definition) is 2. The van der Waals surface area contributed by atoms with Gasteiger partial charge in [0.15, 0.2) is 0 Å². The highest BCUT2D eigenvalue weighted by molar-refractivity contribution is 5.29. The second-order valence-corrected chi connectivity index (χ2v) is 4.63. The molecule has 0 atom stereocenters. The summed E-state index contributed by atoms with van der Waals surface area (Å²) in [6.07, 6.45) is 3.83. The summed E-state index contributed by atoms with van der Waals surface area (Å²) in [6.45, 7) is 10.7. The molecule has 0 aromatic carbocycles. The average molecular weight is 181 g/mol. The second kappa shape index (κ2) is 3.40. The smallest absolute Gasteiger partial charge is 0.203 e. The van der Waals surface area contributed by atoms with Gasteiger partial charge < -0.3 is 9.88 Å². The summed E-state index contributed by atoms with van der Waals surface area (Å²) in [5.41, 5.74) is 0.0675. The van der Waals surface area contributed by atoms with Crippen LogP contribution in [0.25, 0.3) is 0 Å². The number of anilines is 1. The molecule has 0 aliphatic rings. The predicted molar refractivity (Wildman–Crippen MR) is 56.0 cm³/mol. The maximum atomic E-state index is 4.27. The standard InChI is InChI=1S/C10H19N3/c1-8(2)13-7-6-11-9(13)12-10(3,4)5/h6-8H,1-5H3,(H,11,12). The highest BCUT2D eigenvalue weighted by Gasteiger charge is 2.13. The van der Waals surface area contributed by atoms with Crippen LogP contribution >= 0.6 is 0 Å². The first kappa shape index (κ1) is 10.1. The molecule has 0 amide bonds. The van der Waals surface area contributed by atoms with Crippen molar-refractivity contribution in [3.63, 3.8) is 0 Å². The van der Waals surface area contributed by atoms with Gasteiger partial charge in [0.05, 0.1) is 0 Å². The minimum Gasteiger partial charge on any atom is -0.351 e. The topological polar surface area (TPSA) is 29.9 Å². The quantitative estimate of drug-likeness (QED) is 0.760. The van der Waals surface area contributed by atoms with Gasteiger partial charge in [0.1, 0.15) is 0 Å². The molecule has 0 spiro atoms. The van der Waals surface area contributed by atoms with Crippen LogP contribution in [0.2, 0.25) is 0 Å². The third-order valence-corrected chi connectivity index (χ3v) is 1.71. The van der Waals surface area contributed by atoms with Crippen LogP contribution in [0.4, 0.5) is 5.95 Å². The van der Waals surface area contributed by atoms with Crippen LogP contribution < -0.4 is 5.32 Å². The molecule has 74 valence electrons. The molecule has 1 aromatic rings. The van der Waals surface area contributed by atoms with Gasteiger partial charge in [-0.3, -0.25) is 0 Å². The highest BCUT2D eigenvalue weighted by atomic mass is 15.2. The molecule has 0 saturated carbocycles. The number of nitrogens with one attached hydrogen (secondary N) is 1. The lowest BCUT2D eigenvalue weighted by molar-refractivity contribution is 0.572. The minimum atomic E-state index is 0.0675. The first-order chi connectivity index (χ1) is 5.90. The Hall–Kier alpha value is -0.990. The van der Waals surface area contributed by atoms with Crippen molar-refractivity contribution in [3.05, 3.63) is 12.4 Å². The van der Waals surface area contributed by atoms with Crippen molar-refractivity contribution in [1.29, 1.82) is 0 Å². The fraction of sp³-hybridized carbons (Fsp3) is 0.700. The fourth-order valence-electron chi connectivity index (χ4n) is 1.16. The molecule has 3 nitrogen and oxygen atoms in total. The number of imidazole rings is 1. The van der Waals surface area contributed by atoms with Crippen molar-refractivity contribution in [1.82, 2.24) is 9.55 Å². The fourth-order valence-corrected chi connectivity index (χ4v) is 1.16. The van der Waals surface area contributed by atoms with Crippen LogP contribution in [0, 0.1) is 0 Å². The van der Waals surface area contributed by atoms with Crippen LogP contribution in [0.15, 0.2) is 12.4 Å². The third kappa shape index (κ3) is 2.76. The molecule has 0 aliphatic heterocycles. The van der Waals surface area contributed by atoms with Crippen molar-refractivity contribution < 1.29 is 0 Å². The Morgan fingerprint density at radius 1 is 1.38 bits per heavy atom. The van der Waals surface area contributed by atoms with E-state index in [0.717, 1.165) is 5.95 Å². The van der Waals surface area contributed by atoms with Crippen LogP contribution in [0.3, 0.4) is 0 Å². The van der Waals surface area contributed by atoms with Gasteiger partial charge in [0.25, 0.3) is 0 Å². The van der Waals surface area contributed by atoms with Gasteiger partial charge in [-0.25, -0.2) is 4.98 Å². The molecule has 0 bridgehead atoms. The molecule has 1 N–H and O–H groups in total. The summed E-state index contributed by atoms with van der Waals surface area (Å²) in [5.74, 6) is 0.947. The molecule has 0 radical (unpaired) electrons. The highest BCUT2D eigenvalue weighted by Crippen LogP contribution is 2.16. The zero-order chi connectivity index (χ0) is 10.1. The molecule has 1 aromatic heterocycles. The lowest BCUT2D eigenvalue weighted by Crippen LogP contribution is -2.28. The molecular formula is C10H19N3. The number of aromatic nitrogens is 2. The summed E-state index contributed by atoms with van der Waals surface area (Å²) in [6, 6.07) is 0.451. The molecular weight excluding hydrogens is 162 g/mol. The van der Waals surface area contributed by atoms with E-state index in [1.807, 2.05) is 12.4 Å². The van der Waals surface area contributed by atoms with E-state index in [2.05, 4.69) is 49.5 Å². The van der Waals surface area contributed by atoms with Gasteiger partial charge in [-0.05, 0) is 34.6 Å². The molecule has 0 aliphatic carbocycles. The van der Waals surface area contributed by atoms with Gasteiger partial charge in [-0.1, -0.05) is 0 Å². The molecule has 13 heavy (non-hydrogen) atoms. The van der Waals surface area contributed by atoms with E-state index >= 15 is 0 Å². The van der Waals surface area contributed by atoms with Gasteiger partial charge in [0, 0.05) is 24.0 Å². The molecule has 1 heterocycles. The zero-order valence-corrected chi connectivity index (χ0v) is 9.13. The summed E-state index contributed by atoms with van der Waals surface area (Å²) in [4.78, 5) is 4.27. The van der Waals surface area contributed by atoms with E-state index in [0.29, 0.717) is 6.04 Å². The van der Waals surface area contributed by atoms with Crippen molar-refractivity contribution in [2.45, 2.75) is 46.2 Å². The second-order valence-electron chi connectivity index (χ2n) is 4.63. The Morgan fingerprint density at radius 2 is 2.00 bits per heavy atom. The summed E-state index contributed by atoms with van der Waals surface area (Å²) < 4.78 is 2.13. The summed E-state index contributed by atoms with van der Waals surface area (Å²) in [5, 5.41) is 3.36. The van der Waals surface area contributed by atoms with E-state index in [1.165, 1.54) is 0 Å². The largest absolute Gasteiger partial charge is 0.351 e. The van der Waals surface area contributed by atoms with Crippen molar-refractivity contribution in [3.8, 4) is 0 Å². The predicted octanol–water partition coefficient (Wildman–Crippen LogP) is 2.67. The van der Waals surface area contributed by atoms with Gasteiger partial charge in [-0.2, -0.15) is 0 Å². The van der Waals surface area contributed by atoms with Crippen molar-refractivity contribution >= 4 is 5.95 Å². The Labute approximate surface area is 80.2 Å². The zero-order valence-electron chi connectivity index (χ0n) is 9.13. The lowest BCUT2D eigenvalue weighted by Gasteiger charge is -2.23. The molecule has 0 saturated heterocycles. The maximum Gasteiger partial charge on any atom is 0.203 e. The summed E-state index contributed by atoms with van der Waals surface area (Å²) in [7, 11) is 0. The number of nitrogens with zero attached hydrogens (tertiary/aromatic N) is 2. The number of rotatable bonds is 2. The Morgan fingerprint density at radius 3 is 2.46 bits per heavy atom. The minimum absolute atomic E-state index is 0.0675. The van der Waals surface area contributed by atoms with Crippen LogP contribution in [0.1, 0.15) is 40.7 Å². The van der Waals surface area contributed by atoms with Crippen LogP contribution in [0.5, 0.6) is 0 Å². The van der Waals surface area contributed by atoms with Gasteiger partial charge in [-0.15, -0.1) is 0 Å². The maximum absolute atomic E-state index is 4.27. The van der Waals surface area contributed by atoms with E-state index in [-0.39, 0.29) is 5.54 Å². The average Bonchev–Trinajstić information content (AvgIpc) is 2.31. The van der Waals surface area contributed by atoms with Crippen LogP contribution in [-0.4, -0.2) is 15.1 Å². The molecule has 1 rings (SSSR count). The Bertz CT molecular complexity index is 268. The first-order valence-corrected chi connectivity index (χ1v) is 4.71. The van der Waals surface area contributed by atoms with Gasteiger partial charge in [0.2, 0.25) is 5.95 Å². The third-order valence-electron chi connectivity index (χ3n) is 1.71. The first-order valence-electron chi connectivity index (χ1n) is 4.71. The van der Waals surface area contributed by atoms with E-state index in [4.69, 9.17) is 0 Å². The molecule has 3 heteroatoms. The normalized spacial score (nSPS) is 12.2. The van der Waals surface area contributed by atoms with E-state index < -0.39 is 0 Å². The monoisotopic (exact) mass is 181 g/mol. The Balaban J connectivity index is 2.83. The molecule has 0 unspecified atom stereocenters. The number of hydrogen-bond donors (Lipinski definition) is 1. The SMILES string of the molecule is CC(C)n1ccnc1NC(C)(C)C. The van der Waals surface area contributed by atoms with E-state index in [9.17, 15) is 0 Å². The molecule has 0 fully saturated rings. The van der Waals surface area contributed by atoms with E-state index in [1.54, 1.807) is 0 Å². The lowest BCUT2D eigenvalue weighted by atomic mass is 10.1. The van der Waals surface area contributed by atoms with Crippen molar-refractivity contribution in [2.24, 2.45) is 0 Å². The summed E-state index contributed by atoms with van der Waals surface area (Å²) >= 11 is 0.